The highest BCUT2D eigenvalue weighted by Gasteiger charge is 2.26. The van der Waals surface area contributed by atoms with Gasteiger partial charge in [0, 0.05) is 24.8 Å². The van der Waals surface area contributed by atoms with Crippen LogP contribution in [0, 0.1) is 34.6 Å². The molecule has 1 aromatic heterocycles. The van der Waals surface area contributed by atoms with Crippen LogP contribution in [0.3, 0.4) is 0 Å². The summed E-state index contributed by atoms with van der Waals surface area (Å²) in [7, 11) is -1.95. The molecule has 0 fully saturated rings. The highest BCUT2D eigenvalue weighted by atomic mass is 32.2. The first-order valence-corrected chi connectivity index (χ1v) is 9.71. The highest BCUT2D eigenvalue weighted by molar-refractivity contribution is 7.89. The van der Waals surface area contributed by atoms with E-state index in [0.717, 1.165) is 33.6 Å². The van der Waals surface area contributed by atoms with Crippen LogP contribution in [0.4, 0.5) is 0 Å². The van der Waals surface area contributed by atoms with Gasteiger partial charge in [-0.2, -0.15) is 9.40 Å². The van der Waals surface area contributed by atoms with Crippen molar-refractivity contribution in [3.63, 3.8) is 0 Å². The summed E-state index contributed by atoms with van der Waals surface area (Å²) in [6, 6.07) is 3.82. The Kier molecular flexibility index (Phi) is 5.54. The molecule has 0 aliphatic rings. The summed E-state index contributed by atoms with van der Waals surface area (Å²) in [6.45, 7) is 14.2. The van der Waals surface area contributed by atoms with Crippen molar-refractivity contribution < 1.29 is 8.42 Å². The van der Waals surface area contributed by atoms with Gasteiger partial charge < -0.3 is 0 Å². The summed E-state index contributed by atoms with van der Waals surface area (Å²) >= 11 is 0. The minimum absolute atomic E-state index is 0.296. The summed E-state index contributed by atoms with van der Waals surface area (Å²) < 4.78 is 29.5. The number of benzene rings is 1. The third-order valence-electron chi connectivity index (χ3n) is 4.49. The van der Waals surface area contributed by atoms with Crippen LogP contribution >= 0.6 is 0 Å². The fourth-order valence-electron chi connectivity index (χ4n) is 3.30. The average molecular weight is 362 g/mol. The standard InChI is InChI=1S/C19H27N3O2S/c1-8-9-22-17(6)18(16(5)20-22)12-21(7)25(23,24)19-14(3)10-13(2)11-15(19)4/h8,10-11H,1,9,12H2,2-7H3. The molecule has 0 atom stereocenters. The molecule has 1 aromatic carbocycles. The van der Waals surface area contributed by atoms with Gasteiger partial charge in [-0.15, -0.1) is 6.58 Å². The molecule has 0 radical (unpaired) electrons. The van der Waals surface area contributed by atoms with E-state index in [4.69, 9.17) is 0 Å². The number of hydrogen-bond acceptors (Lipinski definition) is 3. The van der Waals surface area contributed by atoms with E-state index in [1.807, 2.05) is 51.4 Å². The molecule has 5 nitrogen and oxygen atoms in total. The molecule has 0 spiro atoms. The lowest BCUT2D eigenvalue weighted by Gasteiger charge is -2.21. The molecule has 0 bridgehead atoms. The van der Waals surface area contributed by atoms with E-state index in [2.05, 4.69) is 11.7 Å². The molecule has 0 unspecified atom stereocenters. The number of nitrogens with zero attached hydrogens (tertiary/aromatic N) is 3. The average Bonchev–Trinajstić information content (AvgIpc) is 2.73. The number of allylic oxidation sites excluding steroid dienone is 1. The van der Waals surface area contributed by atoms with Crippen molar-refractivity contribution >= 4 is 10.0 Å². The van der Waals surface area contributed by atoms with Gasteiger partial charge in [0.2, 0.25) is 10.0 Å². The molecule has 2 aromatic rings. The third-order valence-corrected chi connectivity index (χ3v) is 6.60. The number of sulfonamides is 1. The Morgan fingerprint density at radius 3 is 2.24 bits per heavy atom. The predicted octanol–water partition coefficient (Wildman–Crippen LogP) is 3.43. The van der Waals surface area contributed by atoms with Gasteiger partial charge in [0.15, 0.2) is 0 Å². The largest absolute Gasteiger partial charge is 0.265 e. The molecule has 0 N–H and O–H groups in total. The van der Waals surface area contributed by atoms with E-state index < -0.39 is 10.0 Å². The second-order valence-corrected chi connectivity index (χ2v) is 8.59. The van der Waals surface area contributed by atoms with Crippen LogP contribution in [0.25, 0.3) is 0 Å². The molecule has 0 aliphatic heterocycles. The summed E-state index contributed by atoms with van der Waals surface area (Å²) in [4.78, 5) is 0.398. The SMILES string of the molecule is C=CCn1nc(C)c(CN(C)S(=O)(=O)c2c(C)cc(C)cc2C)c1C. The molecule has 1 heterocycles. The van der Waals surface area contributed by atoms with Crippen molar-refractivity contribution in [3.8, 4) is 0 Å². The number of aryl methyl sites for hydroxylation is 4. The predicted molar refractivity (Wildman–Crippen MR) is 101 cm³/mol. The smallest absolute Gasteiger partial charge is 0.243 e. The fraction of sp³-hybridized carbons (Fsp3) is 0.421. The van der Waals surface area contributed by atoms with Crippen LogP contribution in [0.5, 0.6) is 0 Å². The summed E-state index contributed by atoms with van der Waals surface area (Å²) in [6.07, 6.45) is 1.78. The molecule has 6 heteroatoms. The van der Waals surface area contributed by atoms with Gasteiger partial charge in [0.1, 0.15) is 0 Å². The van der Waals surface area contributed by atoms with Crippen molar-refractivity contribution in [2.75, 3.05) is 7.05 Å². The summed E-state index contributed by atoms with van der Waals surface area (Å²) in [5.74, 6) is 0. The highest BCUT2D eigenvalue weighted by Crippen LogP contribution is 2.26. The minimum atomic E-state index is -3.58. The first-order chi connectivity index (χ1) is 11.6. The van der Waals surface area contributed by atoms with Crippen molar-refractivity contribution in [1.29, 1.82) is 0 Å². The number of hydrogen-bond donors (Lipinski definition) is 0. The maximum absolute atomic E-state index is 13.1. The first-order valence-electron chi connectivity index (χ1n) is 8.27. The fourth-order valence-corrected chi connectivity index (χ4v) is 4.84. The summed E-state index contributed by atoms with van der Waals surface area (Å²) in [5, 5.41) is 4.48. The minimum Gasteiger partial charge on any atom is -0.265 e. The van der Waals surface area contributed by atoms with Crippen LogP contribution in [0.2, 0.25) is 0 Å². The van der Waals surface area contributed by atoms with Crippen molar-refractivity contribution in [3.05, 3.63) is 58.4 Å². The Morgan fingerprint density at radius 1 is 1.16 bits per heavy atom. The van der Waals surface area contributed by atoms with Gasteiger partial charge in [-0.25, -0.2) is 8.42 Å². The molecule has 0 saturated heterocycles. The topological polar surface area (TPSA) is 55.2 Å². The monoisotopic (exact) mass is 361 g/mol. The van der Waals surface area contributed by atoms with Gasteiger partial charge in [0.05, 0.1) is 17.1 Å². The second-order valence-electron chi connectivity index (χ2n) is 6.61. The third kappa shape index (κ3) is 3.70. The van der Waals surface area contributed by atoms with Crippen LogP contribution < -0.4 is 0 Å². The van der Waals surface area contributed by atoms with Gasteiger partial charge in [0.25, 0.3) is 0 Å². The lowest BCUT2D eigenvalue weighted by atomic mass is 10.1. The van der Waals surface area contributed by atoms with Crippen molar-refractivity contribution in [2.24, 2.45) is 0 Å². The zero-order valence-electron chi connectivity index (χ0n) is 15.9. The normalized spacial score (nSPS) is 12.0. The number of rotatable bonds is 6. The van der Waals surface area contributed by atoms with Crippen LogP contribution in [-0.4, -0.2) is 29.6 Å². The second kappa shape index (κ2) is 7.14. The molecule has 2 rings (SSSR count). The molecule has 0 aliphatic carbocycles. The molecule has 0 saturated carbocycles. The molecular formula is C19H27N3O2S. The van der Waals surface area contributed by atoms with E-state index in [-0.39, 0.29) is 0 Å². The maximum atomic E-state index is 13.1. The van der Waals surface area contributed by atoms with E-state index in [9.17, 15) is 8.42 Å². The Balaban J connectivity index is 2.41. The Labute approximate surface area is 151 Å². The lowest BCUT2D eigenvalue weighted by Crippen LogP contribution is -2.28. The first kappa shape index (κ1) is 19.4. The Morgan fingerprint density at radius 2 is 1.72 bits per heavy atom. The Bertz CT molecular complexity index is 888. The van der Waals surface area contributed by atoms with Gasteiger partial charge in [-0.1, -0.05) is 23.8 Å². The Hall–Kier alpha value is -1.92. The van der Waals surface area contributed by atoms with Crippen LogP contribution in [0.1, 0.15) is 33.6 Å². The van der Waals surface area contributed by atoms with Crippen molar-refractivity contribution in [2.45, 2.75) is 52.6 Å². The van der Waals surface area contributed by atoms with Crippen LogP contribution in [-0.2, 0) is 23.1 Å². The van der Waals surface area contributed by atoms with Gasteiger partial charge in [-0.05, 0) is 45.7 Å². The number of aromatic nitrogens is 2. The molecule has 0 amide bonds. The van der Waals surface area contributed by atoms with E-state index >= 15 is 0 Å². The lowest BCUT2D eigenvalue weighted by molar-refractivity contribution is 0.464. The maximum Gasteiger partial charge on any atom is 0.243 e. The van der Waals surface area contributed by atoms with E-state index in [0.29, 0.717) is 18.0 Å². The van der Waals surface area contributed by atoms with Gasteiger partial charge >= 0.3 is 0 Å². The molecule has 25 heavy (non-hydrogen) atoms. The summed E-state index contributed by atoms with van der Waals surface area (Å²) in [5.41, 5.74) is 5.38. The van der Waals surface area contributed by atoms with Crippen molar-refractivity contribution in [1.82, 2.24) is 14.1 Å². The zero-order chi connectivity index (χ0) is 18.9. The van der Waals surface area contributed by atoms with E-state index in [1.54, 1.807) is 13.1 Å². The molecular weight excluding hydrogens is 334 g/mol. The molecule has 136 valence electrons. The van der Waals surface area contributed by atoms with E-state index in [1.165, 1.54) is 4.31 Å². The van der Waals surface area contributed by atoms with Gasteiger partial charge in [-0.3, -0.25) is 4.68 Å². The quantitative estimate of drug-likeness (QED) is 0.741. The zero-order valence-corrected chi connectivity index (χ0v) is 16.7. The van der Waals surface area contributed by atoms with Crippen LogP contribution in [0.15, 0.2) is 29.7 Å².